The molecule has 0 radical (unpaired) electrons. The quantitative estimate of drug-likeness (QED) is 0.723. The lowest BCUT2D eigenvalue weighted by molar-refractivity contribution is -0.119. The Labute approximate surface area is 176 Å². The molecule has 0 aromatic heterocycles. The molecule has 0 bridgehead atoms. The fourth-order valence-electron chi connectivity index (χ4n) is 4.55. The smallest absolute Gasteiger partial charge is 0.414 e. The van der Waals surface area contributed by atoms with E-state index in [1.807, 2.05) is 0 Å². The molecule has 1 aromatic rings. The molecule has 0 aliphatic carbocycles. The predicted octanol–water partition coefficient (Wildman–Crippen LogP) is 2.02. The lowest BCUT2D eigenvalue weighted by atomic mass is 9.92. The largest absolute Gasteiger partial charge is 0.616 e. The van der Waals surface area contributed by atoms with Gasteiger partial charge in [-0.1, -0.05) is 11.2 Å². The lowest BCUT2D eigenvalue weighted by Gasteiger charge is -2.22. The van der Waals surface area contributed by atoms with Crippen LogP contribution in [0.15, 0.2) is 12.1 Å². The summed E-state index contributed by atoms with van der Waals surface area (Å²) in [5.74, 6) is 0.187. The van der Waals surface area contributed by atoms with Crippen LogP contribution in [0.25, 0.3) is 0 Å². The van der Waals surface area contributed by atoms with Crippen molar-refractivity contribution in [3.8, 4) is 0 Å². The third-order valence-corrected chi connectivity index (χ3v) is 7.47. The van der Waals surface area contributed by atoms with Crippen LogP contribution in [0.1, 0.15) is 19.8 Å². The highest BCUT2D eigenvalue weighted by Gasteiger charge is 2.39. The van der Waals surface area contributed by atoms with E-state index in [1.165, 1.54) is 11.8 Å². The molecule has 3 saturated heterocycles. The number of nitrogens with one attached hydrogen (secondary N) is 1. The Morgan fingerprint density at radius 2 is 1.80 bits per heavy atom. The number of benzene rings is 1. The Hall–Kier alpha value is -2.07. The van der Waals surface area contributed by atoms with Gasteiger partial charge in [0, 0.05) is 32.1 Å². The number of halogens is 2. The SMILES string of the molecule is CC(=O)NC[C@H]1CN(c2cc(F)c(N3CC4CC[S+]([O-])CCC4C3)c(F)c2)C(=O)O1. The number of anilines is 2. The summed E-state index contributed by atoms with van der Waals surface area (Å²) in [5, 5.41) is 2.56. The first-order chi connectivity index (χ1) is 14.3. The summed E-state index contributed by atoms with van der Waals surface area (Å²) in [4.78, 5) is 26.1. The van der Waals surface area contributed by atoms with Crippen LogP contribution in [0.3, 0.4) is 0 Å². The van der Waals surface area contributed by atoms with E-state index in [9.17, 15) is 22.9 Å². The van der Waals surface area contributed by atoms with Gasteiger partial charge in [-0.2, -0.15) is 0 Å². The molecule has 3 atom stereocenters. The molecule has 3 aliphatic heterocycles. The Morgan fingerprint density at radius 1 is 1.20 bits per heavy atom. The molecule has 1 N–H and O–H groups in total. The molecule has 0 spiro atoms. The first-order valence-electron chi connectivity index (χ1n) is 10.1. The van der Waals surface area contributed by atoms with Gasteiger partial charge in [0.25, 0.3) is 0 Å². The van der Waals surface area contributed by atoms with Gasteiger partial charge >= 0.3 is 6.09 Å². The Bertz CT molecular complexity index is 803. The molecule has 2 amide bonds. The van der Waals surface area contributed by atoms with Crippen molar-refractivity contribution in [3.63, 3.8) is 0 Å². The number of carbonyl (C=O) groups excluding carboxylic acids is 2. The van der Waals surface area contributed by atoms with E-state index in [1.54, 1.807) is 4.90 Å². The second kappa shape index (κ2) is 8.58. The van der Waals surface area contributed by atoms with Crippen LogP contribution in [0.5, 0.6) is 0 Å². The highest BCUT2D eigenvalue weighted by Crippen LogP contribution is 2.38. The number of hydrogen-bond donors (Lipinski definition) is 1. The Kier molecular flexibility index (Phi) is 6.06. The molecule has 1 aromatic carbocycles. The van der Waals surface area contributed by atoms with E-state index in [0.717, 1.165) is 25.0 Å². The van der Waals surface area contributed by atoms with Gasteiger partial charge in [-0.3, -0.25) is 9.69 Å². The number of hydrogen-bond acceptors (Lipinski definition) is 5. The van der Waals surface area contributed by atoms with Gasteiger partial charge in [-0.25, -0.2) is 13.6 Å². The van der Waals surface area contributed by atoms with Crippen molar-refractivity contribution < 1.29 is 27.7 Å². The maximum atomic E-state index is 14.9. The van der Waals surface area contributed by atoms with Gasteiger partial charge in [-0.05, 0) is 24.7 Å². The van der Waals surface area contributed by atoms with Gasteiger partial charge in [0.1, 0.15) is 23.3 Å². The predicted molar refractivity (Wildman–Crippen MR) is 109 cm³/mol. The summed E-state index contributed by atoms with van der Waals surface area (Å²) in [6, 6.07) is 2.31. The summed E-state index contributed by atoms with van der Waals surface area (Å²) in [7, 11) is 0. The molecule has 3 fully saturated rings. The molecule has 164 valence electrons. The Balaban J connectivity index is 1.48. The number of fused-ring (bicyclic) bond motifs is 1. The number of carbonyl (C=O) groups is 2. The van der Waals surface area contributed by atoms with Crippen LogP contribution in [0.4, 0.5) is 25.0 Å². The highest BCUT2D eigenvalue weighted by atomic mass is 32.2. The zero-order valence-corrected chi connectivity index (χ0v) is 17.6. The number of ether oxygens (including phenoxy) is 1. The van der Waals surface area contributed by atoms with Crippen LogP contribution in [-0.4, -0.2) is 60.3 Å². The summed E-state index contributed by atoms with van der Waals surface area (Å²) in [5.41, 5.74) is 0.0168. The van der Waals surface area contributed by atoms with E-state index in [0.29, 0.717) is 24.6 Å². The average Bonchev–Trinajstić information content (AvgIpc) is 3.21. The summed E-state index contributed by atoms with van der Waals surface area (Å²) < 4.78 is 46.8. The van der Waals surface area contributed by atoms with Gasteiger partial charge in [0.05, 0.1) is 18.8 Å². The highest BCUT2D eigenvalue weighted by molar-refractivity contribution is 7.91. The van der Waals surface area contributed by atoms with Crippen LogP contribution in [-0.2, 0) is 20.7 Å². The van der Waals surface area contributed by atoms with E-state index in [4.69, 9.17) is 4.74 Å². The van der Waals surface area contributed by atoms with E-state index in [-0.39, 0.29) is 42.2 Å². The van der Waals surface area contributed by atoms with Crippen LogP contribution in [0.2, 0.25) is 0 Å². The maximum absolute atomic E-state index is 14.9. The summed E-state index contributed by atoms with van der Waals surface area (Å²) >= 11 is -0.786. The van der Waals surface area contributed by atoms with E-state index < -0.39 is 35.0 Å². The van der Waals surface area contributed by atoms with Gasteiger partial charge in [0.2, 0.25) is 5.91 Å². The minimum atomic E-state index is -0.786. The van der Waals surface area contributed by atoms with Crippen molar-refractivity contribution in [2.45, 2.75) is 25.9 Å². The Morgan fingerprint density at radius 3 is 2.37 bits per heavy atom. The molecule has 2 unspecified atom stereocenters. The second-order valence-corrected chi connectivity index (χ2v) is 9.86. The second-order valence-electron chi connectivity index (χ2n) is 8.16. The van der Waals surface area contributed by atoms with Crippen LogP contribution >= 0.6 is 0 Å². The zero-order chi connectivity index (χ0) is 21.4. The molecule has 0 saturated carbocycles. The molecule has 3 heterocycles. The van der Waals surface area contributed by atoms with Gasteiger partial charge < -0.3 is 19.5 Å². The minimum Gasteiger partial charge on any atom is -0.616 e. The average molecular weight is 442 g/mol. The fraction of sp³-hybridized carbons (Fsp3) is 0.600. The molecule has 7 nitrogen and oxygen atoms in total. The van der Waals surface area contributed by atoms with Crippen molar-refractivity contribution >= 4 is 34.6 Å². The minimum absolute atomic E-state index is 0.0738. The number of nitrogens with zero attached hydrogens (tertiary/aromatic N) is 2. The van der Waals surface area contributed by atoms with Gasteiger partial charge in [0.15, 0.2) is 11.6 Å². The number of cyclic esters (lactones) is 1. The topological polar surface area (TPSA) is 84.9 Å². The molecule has 3 aliphatic rings. The summed E-state index contributed by atoms with van der Waals surface area (Å²) in [6.45, 7) is 2.68. The van der Waals surface area contributed by atoms with Crippen molar-refractivity contribution in [2.75, 3.05) is 47.5 Å². The summed E-state index contributed by atoms with van der Waals surface area (Å²) in [6.07, 6.45) is 0.339. The van der Waals surface area contributed by atoms with E-state index in [2.05, 4.69) is 5.32 Å². The third kappa shape index (κ3) is 4.34. The third-order valence-electron chi connectivity index (χ3n) is 6.09. The maximum Gasteiger partial charge on any atom is 0.414 e. The lowest BCUT2D eigenvalue weighted by Crippen LogP contribution is -2.33. The molecular weight excluding hydrogens is 416 g/mol. The number of rotatable bonds is 4. The molecule has 4 rings (SSSR count). The first-order valence-corrected chi connectivity index (χ1v) is 11.6. The molecule has 10 heteroatoms. The van der Waals surface area contributed by atoms with Crippen LogP contribution in [0, 0.1) is 23.5 Å². The fourth-order valence-corrected chi connectivity index (χ4v) is 5.88. The van der Waals surface area contributed by atoms with E-state index >= 15 is 0 Å². The van der Waals surface area contributed by atoms with Crippen molar-refractivity contribution in [2.24, 2.45) is 11.8 Å². The number of amides is 2. The zero-order valence-electron chi connectivity index (χ0n) is 16.7. The van der Waals surface area contributed by atoms with Crippen molar-refractivity contribution in [1.82, 2.24) is 5.32 Å². The normalized spacial score (nSPS) is 28.9. The monoisotopic (exact) mass is 441 g/mol. The van der Waals surface area contributed by atoms with Crippen molar-refractivity contribution in [3.05, 3.63) is 23.8 Å². The standard InChI is InChI=1S/C20H25F2N3O4S/c1-12(26)23-8-16-11-25(20(27)29-16)15-6-17(21)19(18(22)7-15)24-9-13-2-4-30(28)5-3-14(13)10-24/h6-7,13-14,16H,2-5,8-11H2,1H3,(H,23,26)/t13?,14?,16-,30?/m0/s1. The van der Waals surface area contributed by atoms with Gasteiger partial charge in [-0.15, -0.1) is 0 Å². The first kappa shape index (κ1) is 21.2. The molecular formula is C20H25F2N3O4S. The van der Waals surface area contributed by atoms with Crippen molar-refractivity contribution in [1.29, 1.82) is 0 Å². The van der Waals surface area contributed by atoms with Crippen LogP contribution < -0.4 is 15.1 Å². The molecule has 30 heavy (non-hydrogen) atoms.